The molecule has 2 rings (SSSR count). The monoisotopic (exact) mass is 312 g/mol. The molecule has 2 aromatic rings. The highest BCUT2D eigenvalue weighted by molar-refractivity contribution is 5.60. The number of nitrogens with two attached hydrogens (primary N) is 2. The van der Waals surface area contributed by atoms with Crippen LogP contribution in [0.3, 0.4) is 0 Å². The number of hydrogen-bond donors (Lipinski definition) is 2. The molecule has 0 atom stereocenters. The zero-order valence-electron chi connectivity index (χ0n) is 14.7. The molecular weight excluding hydrogens is 284 g/mol. The summed E-state index contributed by atoms with van der Waals surface area (Å²) in [6.07, 6.45) is 3.60. The fourth-order valence-electron chi connectivity index (χ4n) is 2.92. The van der Waals surface area contributed by atoms with Gasteiger partial charge in [0.05, 0.1) is 0 Å². The fraction of sp³-hybridized carbons (Fsp3) is 0.400. The van der Waals surface area contributed by atoms with Crippen molar-refractivity contribution in [1.29, 1.82) is 0 Å². The average molecular weight is 312 g/mol. The van der Waals surface area contributed by atoms with Gasteiger partial charge >= 0.3 is 0 Å². The van der Waals surface area contributed by atoms with Crippen LogP contribution in [-0.4, -0.2) is 0 Å². The van der Waals surface area contributed by atoms with Gasteiger partial charge in [0.2, 0.25) is 0 Å². The Morgan fingerprint density at radius 1 is 0.609 bits per heavy atom. The van der Waals surface area contributed by atoms with Gasteiger partial charge in [0.1, 0.15) is 11.5 Å². The second-order valence-corrected chi connectivity index (χ2v) is 5.83. The summed E-state index contributed by atoms with van der Waals surface area (Å²) in [6.45, 7) is 8.45. The van der Waals surface area contributed by atoms with Crippen LogP contribution in [-0.2, 0) is 25.7 Å². The minimum atomic E-state index is 0.849. The summed E-state index contributed by atoms with van der Waals surface area (Å²) in [6, 6.07) is 8.17. The van der Waals surface area contributed by atoms with Crippen molar-refractivity contribution in [3.63, 3.8) is 0 Å². The minimum absolute atomic E-state index is 0.849. The van der Waals surface area contributed by atoms with Gasteiger partial charge in [-0.15, -0.1) is 0 Å². The minimum Gasteiger partial charge on any atom is -0.457 e. The second-order valence-electron chi connectivity index (χ2n) is 5.83. The van der Waals surface area contributed by atoms with Crippen LogP contribution in [0.25, 0.3) is 0 Å². The number of hydrogen-bond acceptors (Lipinski definition) is 3. The highest BCUT2D eigenvalue weighted by Crippen LogP contribution is 2.32. The standard InChI is InChI=1S/C20H28N2O/c1-5-13-9-17(10-14(6-2)19(13)21)23-18-11-15(7-3)20(22)16(8-4)12-18/h9-12H,5-8,21-22H2,1-4H3. The molecule has 3 nitrogen and oxygen atoms in total. The van der Waals surface area contributed by atoms with E-state index in [1.807, 2.05) is 24.3 Å². The van der Waals surface area contributed by atoms with E-state index in [1.54, 1.807) is 0 Å². The zero-order chi connectivity index (χ0) is 17.0. The zero-order valence-corrected chi connectivity index (χ0v) is 14.7. The molecule has 0 saturated heterocycles. The molecule has 0 spiro atoms. The molecule has 0 radical (unpaired) electrons. The average Bonchev–Trinajstić information content (AvgIpc) is 2.57. The van der Waals surface area contributed by atoms with Gasteiger partial charge in [-0.25, -0.2) is 0 Å². The van der Waals surface area contributed by atoms with Crippen LogP contribution in [0.15, 0.2) is 24.3 Å². The van der Waals surface area contributed by atoms with Gasteiger partial charge < -0.3 is 16.2 Å². The molecule has 0 aliphatic heterocycles. The quantitative estimate of drug-likeness (QED) is 0.746. The van der Waals surface area contributed by atoms with Crippen LogP contribution >= 0.6 is 0 Å². The summed E-state index contributed by atoms with van der Waals surface area (Å²) < 4.78 is 6.15. The predicted octanol–water partition coefficient (Wildman–Crippen LogP) is 4.89. The fourth-order valence-corrected chi connectivity index (χ4v) is 2.92. The Morgan fingerprint density at radius 3 is 1.09 bits per heavy atom. The van der Waals surface area contributed by atoms with Crippen molar-refractivity contribution in [3.8, 4) is 11.5 Å². The summed E-state index contributed by atoms with van der Waals surface area (Å²) in [4.78, 5) is 0. The Kier molecular flexibility index (Phi) is 5.54. The van der Waals surface area contributed by atoms with E-state index in [-0.39, 0.29) is 0 Å². The van der Waals surface area contributed by atoms with Crippen molar-refractivity contribution in [2.24, 2.45) is 0 Å². The van der Waals surface area contributed by atoms with Crippen LogP contribution in [0.2, 0.25) is 0 Å². The highest BCUT2D eigenvalue weighted by Gasteiger charge is 2.10. The molecule has 0 aliphatic carbocycles. The number of anilines is 2. The first-order chi connectivity index (χ1) is 11.0. The Labute approximate surface area is 139 Å². The number of ether oxygens (including phenoxy) is 1. The Hall–Kier alpha value is -2.16. The molecule has 0 amide bonds. The van der Waals surface area contributed by atoms with Crippen LogP contribution in [0, 0.1) is 0 Å². The molecule has 2 aromatic carbocycles. The van der Waals surface area contributed by atoms with E-state index >= 15 is 0 Å². The topological polar surface area (TPSA) is 61.3 Å². The smallest absolute Gasteiger partial charge is 0.128 e. The van der Waals surface area contributed by atoms with E-state index in [4.69, 9.17) is 16.2 Å². The Morgan fingerprint density at radius 2 is 0.870 bits per heavy atom. The van der Waals surface area contributed by atoms with Crippen molar-refractivity contribution in [2.45, 2.75) is 53.4 Å². The van der Waals surface area contributed by atoms with Gasteiger partial charge in [-0.3, -0.25) is 0 Å². The summed E-state index contributed by atoms with van der Waals surface area (Å²) in [5.74, 6) is 1.70. The molecular formula is C20H28N2O. The van der Waals surface area contributed by atoms with Crippen molar-refractivity contribution in [3.05, 3.63) is 46.5 Å². The summed E-state index contributed by atoms with van der Waals surface area (Å²) in [5, 5.41) is 0. The molecule has 0 fully saturated rings. The number of aryl methyl sites for hydroxylation is 4. The molecule has 0 bridgehead atoms. The van der Waals surface area contributed by atoms with Gasteiger partial charge in [-0.1, -0.05) is 27.7 Å². The molecule has 124 valence electrons. The maximum absolute atomic E-state index is 6.21. The van der Waals surface area contributed by atoms with Gasteiger partial charge in [0, 0.05) is 11.4 Å². The first-order valence-corrected chi connectivity index (χ1v) is 8.54. The van der Waals surface area contributed by atoms with E-state index in [1.165, 1.54) is 0 Å². The summed E-state index contributed by atoms with van der Waals surface area (Å²) in [7, 11) is 0. The largest absolute Gasteiger partial charge is 0.457 e. The molecule has 0 unspecified atom stereocenters. The molecule has 0 aromatic heterocycles. The second kappa shape index (κ2) is 7.40. The van der Waals surface area contributed by atoms with Crippen molar-refractivity contribution < 1.29 is 4.74 Å². The third kappa shape index (κ3) is 3.61. The first kappa shape index (κ1) is 17.2. The summed E-state index contributed by atoms with van der Waals surface area (Å²) in [5.41, 5.74) is 18.8. The molecule has 0 saturated carbocycles. The lowest BCUT2D eigenvalue weighted by atomic mass is 10.0. The summed E-state index contributed by atoms with van der Waals surface area (Å²) >= 11 is 0. The number of nitrogen functional groups attached to an aromatic ring is 2. The Bertz CT molecular complexity index is 583. The third-order valence-electron chi connectivity index (χ3n) is 4.41. The number of benzene rings is 2. The van der Waals surface area contributed by atoms with Gasteiger partial charge in [-0.2, -0.15) is 0 Å². The van der Waals surface area contributed by atoms with E-state index in [0.29, 0.717) is 0 Å². The van der Waals surface area contributed by atoms with Crippen LogP contribution in [0.5, 0.6) is 11.5 Å². The van der Waals surface area contributed by atoms with Crippen molar-refractivity contribution >= 4 is 11.4 Å². The first-order valence-electron chi connectivity index (χ1n) is 8.54. The van der Waals surface area contributed by atoms with Crippen molar-refractivity contribution in [1.82, 2.24) is 0 Å². The predicted molar refractivity (Wildman–Crippen MR) is 99.3 cm³/mol. The number of rotatable bonds is 6. The molecule has 0 heterocycles. The van der Waals surface area contributed by atoms with E-state index in [0.717, 1.165) is 70.8 Å². The van der Waals surface area contributed by atoms with Crippen LogP contribution in [0.4, 0.5) is 11.4 Å². The molecule has 4 N–H and O–H groups in total. The maximum atomic E-state index is 6.21. The van der Waals surface area contributed by atoms with Crippen molar-refractivity contribution in [2.75, 3.05) is 11.5 Å². The maximum Gasteiger partial charge on any atom is 0.128 e. The molecule has 3 heteroatoms. The lowest BCUT2D eigenvalue weighted by Gasteiger charge is -2.16. The molecule has 23 heavy (non-hydrogen) atoms. The highest BCUT2D eigenvalue weighted by atomic mass is 16.5. The lowest BCUT2D eigenvalue weighted by Crippen LogP contribution is -2.01. The lowest BCUT2D eigenvalue weighted by molar-refractivity contribution is 0.480. The van der Waals surface area contributed by atoms with Gasteiger partial charge in [0.25, 0.3) is 0 Å². The van der Waals surface area contributed by atoms with E-state index in [9.17, 15) is 0 Å². The molecule has 0 aliphatic rings. The van der Waals surface area contributed by atoms with Gasteiger partial charge in [-0.05, 0) is 72.2 Å². The SMILES string of the molecule is CCc1cc(Oc2cc(CC)c(N)c(CC)c2)cc(CC)c1N. The van der Waals surface area contributed by atoms with Crippen LogP contribution in [0.1, 0.15) is 49.9 Å². The van der Waals surface area contributed by atoms with Gasteiger partial charge in [0.15, 0.2) is 0 Å². The van der Waals surface area contributed by atoms with E-state index in [2.05, 4.69) is 27.7 Å². The Balaban J connectivity index is 2.43. The normalized spacial score (nSPS) is 10.8. The third-order valence-corrected chi connectivity index (χ3v) is 4.41. The van der Waals surface area contributed by atoms with Crippen LogP contribution < -0.4 is 16.2 Å². The van der Waals surface area contributed by atoms with E-state index < -0.39 is 0 Å².